The minimum atomic E-state index is -0.792. The Balaban J connectivity index is 1.70. The van der Waals surface area contributed by atoms with Crippen molar-refractivity contribution in [1.29, 1.82) is 0 Å². The summed E-state index contributed by atoms with van der Waals surface area (Å²) in [7, 11) is 0. The van der Waals surface area contributed by atoms with Crippen LogP contribution in [0.3, 0.4) is 0 Å². The van der Waals surface area contributed by atoms with E-state index in [1.165, 1.54) is 0 Å². The van der Waals surface area contributed by atoms with Gasteiger partial charge in [-0.1, -0.05) is 13.8 Å². The van der Waals surface area contributed by atoms with Crippen molar-refractivity contribution >= 4 is 11.8 Å². The van der Waals surface area contributed by atoms with Crippen molar-refractivity contribution in [2.45, 2.75) is 26.7 Å². The van der Waals surface area contributed by atoms with Gasteiger partial charge in [-0.15, -0.1) is 0 Å². The fourth-order valence-electron chi connectivity index (χ4n) is 2.47. The second-order valence-electron chi connectivity index (χ2n) is 6.40. The van der Waals surface area contributed by atoms with Gasteiger partial charge in [0.15, 0.2) is 0 Å². The predicted molar refractivity (Wildman–Crippen MR) is 79.8 cm³/mol. The molecule has 120 valence electrons. The number of ether oxygens (including phenoxy) is 1. The number of hydrogen-bond acceptors (Lipinski definition) is 4. The van der Waals surface area contributed by atoms with Crippen molar-refractivity contribution in [3.63, 3.8) is 0 Å². The van der Waals surface area contributed by atoms with Crippen LogP contribution in [0, 0.1) is 11.3 Å². The van der Waals surface area contributed by atoms with Crippen molar-refractivity contribution in [1.82, 2.24) is 15.5 Å². The molecular weight excluding hydrogens is 270 g/mol. The average Bonchev–Trinajstić information content (AvgIpc) is 3.27. The van der Waals surface area contributed by atoms with Crippen molar-refractivity contribution in [2.24, 2.45) is 11.3 Å². The lowest BCUT2D eigenvalue weighted by Gasteiger charge is -2.26. The maximum Gasteiger partial charge on any atom is 0.235 e. The SMILES string of the molecule is CC(C)CNC(=O)C1(C(=O)NCCN2CCOCC2)CC1. The van der Waals surface area contributed by atoms with Crippen LogP contribution in [0.15, 0.2) is 0 Å². The molecule has 2 N–H and O–H groups in total. The van der Waals surface area contributed by atoms with E-state index < -0.39 is 5.41 Å². The van der Waals surface area contributed by atoms with Crippen LogP contribution >= 0.6 is 0 Å². The van der Waals surface area contributed by atoms with Crippen LogP contribution in [0.5, 0.6) is 0 Å². The first-order chi connectivity index (χ1) is 10.0. The molecule has 0 aromatic heterocycles. The Hall–Kier alpha value is -1.14. The molecule has 6 heteroatoms. The molecule has 1 heterocycles. The number of hydrogen-bond donors (Lipinski definition) is 2. The van der Waals surface area contributed by atoms with Crippen LogP contribution in [0.25, 0.3) is 0 Å². The highest BCUT2D eigenvalue weighted by atomic mass is 16.5. The van der Waals surface area contributed by atoms with Gasteiger partial charge in [0, 0.05) is 32.7 Å². The maximum absolute atomic E-state index is 12.2. The van der Waals surface area contributed by atoms with Gasteiger partial charge in [-0.25, -0.2) is 0 Å². The first-order valence-electron chi connectivity index (χ1n) is 7.91. The number of nitrogens with zero attached hydrogens (tertiary/aromatic N) is 1. The van der Waals surface area contributed by atoms with Crippen LogP contribution in [-0.4, -0.2) is 62.7 Å². The molecule has 1 saturated heterocycles. The molecule has 2 amide bonds. The third-order valence-corrected chi connectivity index (χ3v) is 4.11. The minimum Gasteiger partial charge on any atom is -0.379 e. The first-order valence-corrected chi connectivity index (χ1v) is 7.91. The summed E-state index contributed by atoms with van der Waals surface area (Å²) in [5.74, 6) is 0.172. The van der Waals surface area contributed by atoms with Crippen LogP contribution < -0.4 is 10.6 Å². The standard InChI is InChI=1S/C15H27N3O3/c1-12(2)11-17-14(20)15(3-4-15)13(19)16-5-6-18-7-9-21-10-8-18/h12H,3-11H2,1-2H3,(H,16,19)(H,17,20). The zero-order chi connectivity index (χ0) is 15.3. The number of carbonyl (C=O) groups is 2. The van der Waals surface area contributed by atoms with Crippen LogP contribution in [-0.2, 0) is 14.3 Å². The van der Waals surface area contributed by atoms with Gasteiger partial charge in [-0.3, -0.25) is 14.5 Å². The molecule has 1 aliphatic carbocycles. The van der Waals surface area contributed by atoms with Gasteiger partial charge in [0.25, 0.3) is 0 Å². The van der Waals surface area contributed by atoms with Gasteiger partial charge in [-0.2, -0.15) is 0 Å². The monoisotopic (exact) mass is 297 g/mol. The number of morpholine rings is 1. The van der Waals surface area contributed by atoms with E-state index in [1.54, 1.807) is 0 Å². The molecule has 21 heavy (non-hydrogen) atoms. The summed E-state index contributed by atoms with van der Waals surface area (Å²) in [5, 5.41) is 5.80. The second kappa shape index (κ2) is 7.22. The lowest BCUT2D eigenvalue weighted by Crippen LogP contribution is -2.46. The van der Waals surface area contributed by atoms with Gasteiger partial charge >= 0.3 is 0 Å². The first kappa shape index (κ1) is 16.2. The molecule has 6 nitrogen and oxygen atoms in total. The molecule has 0 spiro atoms. The van der Waals surface area contributed by atoms with E-state index >= 15 is 0 Å². The fraction of sp³-hybridized carbons (Fsp3) is 0.867. The maximum atomic E-state index is 12.2. The minimum absolute atomic E-state index is 0.111. The normalized spacial score (nSPS) is 21.1. The van der Waals surface area contributed by atoms with Gasteiger partial charge < -0.3 is 15.4 Å². The molecule has 0 radical (unpaired) electrons. The Labute approximate surface area is 126 Å². The molecular formula is C15H27N3O3. The summed E-state index contributed by atoms with van der Waals surface area (Å²) in [6, 6.07) is 0. The summed E-state index contributed by atoms with van der Waals surface area (Å²) >= 11 is 0. The molecule has 1 saturated carbocycles. The lowest BCUT2D eigenvalue weighted by molar-refractivity contribution is -0.137. The van der Waals surface area contributed by atoms with E-state index in [4.69, 9.17) is 4.74 Å². The van der Waals surface area contributed by atoms with Crippen LogP contribution in [0.4, 0.5) is 0 Å². The van der Waals surface area contributed by atoms with Crippen molar-refractivity contribution in [3.05, 3.63) is 0 Å². The van der Waals surface area contributed by atoms with Gasteiger partial charge in [0.1, 0.15) is 5.41 Å². The van der Waals surface area contributed by atoms with Gasteiger partial charge in [0.2, 0.25) is 11.8 Å². The van der Waals surface area contributed by atoms with E-state index in [-0.39, 0.29) is 11.8 Å². The van der Waals surface area contributed by atoms with E-state index in [1.807, 2.05) is 13.8 Å². The quantitative estimate of drug-likeness (QED) is 0.648. The lowest BCUT2D eigenvalue weighted by atomic mass is 10.0. The van der Waals surface area contributed by atoms with Gasteiger partial charge in [0.05, 0.1) is 13.2 Å². The van der Waals surface area contributed by atoms with Crippen molar-refractivity contribution in [3.8, 4) is 0 Å². The largest absolute Gasteiger partial charge is 0.379 e. The van der Waals surface area contributed by atoms with Crippen LogP contribution in [0.2, 0.25) is 0 Å². The predicted octanol–water partition coefficient (Wildman–Crippen LogP) is -0.0128. The fourth-order valence-corrected chi connectivity index (χ4v) is 2.47. The molecule has 0 atom stereocenters. The Morgan fingerprint density at radius 1 is 1.14 bits per heavy atom. The highest BCUT2D eigenvalue weighted by Gasteiger charge is 2.56. The third kappa shape index (κ3) is 4.41. The number of amides is 2. The van der Waals surface area contributed by atoms with E-state index in [9.17, 15) is 9.59 Å². The highest BCUT2D eigenvalue weighted by molar-refractivity contribution is 6.07. The van der Waals surface area contributed by atoms with Crippen molar-refractivity contribution < 1.29 is 14.3 Å². The van der Waals surface area contributed by atoms with E-state index in [2.05, 4.69) is 15.5 Å². The Morgan fingerprint density at radius 2 is 1.76 bits per heavy atom. The Bertz CT molecular complexity index is 374. The van der Waals surface area contributed by atoms with Crippen molar-refractivity contribution in [2.75, 3.05) is 45.9 Å². The smallest absolute Gasteiger partial charge is 0.235 e. The van der Waals surface area contributed by atoms with E-state index in [0.717, 1.165) is 32.8 Å². The van der Waals surface area contributed by atoms with E-state index in [0.29, 0.717) is 31.8 Å². The Morgan fingerprint density at radius 3 is 2.33 bits per heavy atom. The zero-order valence-corrected chi connectivity index (χ0v) is 13.1. The number of nitrogens with one attached hydrogen (secondary N) is 2. The summed E-state index contributed by atoms with van der Waals surface area (Å²) in [6.45, 7) is 9.47. The molecule has 0 bridgehead atoms. The molecule has 1 aliphatic heterocycles. The molecule has 0 unspecified atom stereocenters. The molecule has 2 rings (SSSR count). The summed E-state index contributed by atoms with van der Waals surface area (Å²) < 4.78 is 5.29. The Kier molecular flexibility index (Phi) is 5.58. The third-order valence-electron chi connectivity index (χ3n) is 4.11. The second-order valence-corrected chi connectivity index (χ2v) is 6.40. The highest BCUT2D eigenvalue weighted by Crippen LogP contribution is 2.46. The zero-order valence-electron chi connectivity index (χ0n) is 13.1. The molecule has 0 aromatic rings. The summed E-state index contributed by atoms with van der Waals surface area (Å²) in [4.78, 5) is 26.6. The molecule has 2 aliphatic rings. The average molecular weight is 297 g/mol. The number of rotatable bonds is 7. The van der Waals surface area contributed by atoms with Gasteiger partial charge in [-0.05, 0) is 18.8 Å². The molecule has 0 aromatic carbocycles. The topological polar surface area (TPSA) is 70.7 Å². The molecule has 2 fully saturated rings. The van der Waals surface area contributed by atoms with Crippen LogP contribution in [0.1, 0.15) is 26.7 Å². The number of carbonyl (C=O) groups excluding carboxylic acids is 2. The summed E-state index contributed by atoms with van der Waals surface area (Å²) in [5.41, 5.74) is -0.792. The summed E-state index contributed by atoms with van der Waals surface area (Å²) in [6.07, 6.45) is 1.33.